The molecular weight excluding hydrogens is 240 g/mol. The van der Waals surface area contributed by atoms with Crippen LogP contribution in [0.15, 0.2) is 18.2 Å². The van der Waals surface area contributed by atoms with Crippen LogP contribution in [0, 0.1) is 19.8 Å². The molecule has 2 unspecified atom stereocenters. The van der Waals surface area contributed by atoms with Crippen LogP contribution in [-0.2, 0) is 0 Å². The van der Waals surface area contributed by atoms with E-state index in [4.69, 9.17) is 0 Å². The molecule has 18 heavy (non-hydrogen) atoms. The molecule has 0 aliphatic carbocycles. The highest BCUT2D eigenvalue weighted by molar-refractivity contribution is 8.01. The lowest BCUT2D eigenvalue weighted by Crippen LogP contribution is -2.19. The van der Waals surface area contributed by atoms with E-state index in [1.54, 1.807) is 11.8 Å². The van der Waals surface area contributed by atoms with Crippen molar-refractivity contribution >= 4 is 17.5 Å². The molecule has 0 saturated carbocycles. The minimum atomic E-state index is 0.0320. The van der Waals surface area contributed by atoms with E-state index < -0.39 is 0 Å². The number of Topliss-reactive ketones (excluding diaryl/α,β-unsaturated/α-hetero) is 1. The van der Waals surface area contributed by atoms with E-state index in [1.165, 1.54) is 11.1 Å². The zero-order valence-electron chi connectivity index (χ0n) is 12.3. The number of carbonyl (C=O) groups excluding carboxylic acids is 1. The van der Waals surface area contributed by atoms with Gasteiger partial charge in [-0.05, 0) is 43.9 Å². The Morgan fingerprint density at radius 3 is 2.17 bits per heavy atom. The number of ketones is 1. The summed E-state index contributed by atoms with van der Waals surface area (Å²) in [6.45, 7) is 12.7. The topological polar surface area (TPSA) is 17.1 Å². The Hall–Kier alpha value is -0.760. The van der Waals surface area contributed by atoms with Crippen LogP contribution in [0.5, 0.6) is 0 Å². The molecule has 100 valence electrons. The average molecular weight is 264 g/mol. The molecule has 0 radical (unpaired) electrons. The fourth-order valence-electron chi connectivity index (χ4n) is 1.67. The lowest BCUT2D eigenvalue weighted by Gasteiger charge is -2.19. The maximum atomic E-state index is 12.3. The highest BCUT2D eigenvalue weighted by Crippen LogP contribution is 2.26. The van der Waals surface area contributed by atoms with E-state index in [9.17, 15) is 4.79 Å². The van der Waals surface area contributed by atoms with Gasteiger partial charge in [-0.1, -0.05) is 32.9 Å². The van der Waals surface area contributed by atoms with Crippen molar-refractivity contribution in [1.29, 1.82) is 0 Å². The van der Waals surface area contributed by atoms with Crippen LogP contribution in [0.2, 0.25) is 0 Å². The summed E-state index contributed by atoms with van der Waals surface area (Å²) in [5.41, 5.74) is 3.27. The minimum Gasteiger partial charge on any atom is -0.293 e. The summed E-state index contributed by atoms with van der Waals surface area (Å²) >= 11 is 1.77. The first-order chi connectivity index (χ1) is 8.32. The minimum absolute atomic E-state index is 0.0320. The van der Waals surface area contributed by atoms with Gasteiger partial charge in [0.15, 0.2) is 5.78 Å². The van der Waals surface area contributed by atoms with Gasteiger partial charge in [-0.15, -0.1) is 11.8 Å². The lowest BCUT2D eigenvalue weighted by molar-refractivity contribution is 0.0993. The van der Waals surface area contributed by atoms with Crippen molar-refractivity contribution in [2.24, 2.45) is 5.92 Å². The molecule has 0 fully saturated rings. The standard InChI is InChI=1S/C16H24OS/c1-10(2)13(5)18-14(6)16(17)15-8-7-11(3)12(4)9-15/h7-10,13-14H,1-6H3. The van der Waals surface area contributed by atoms with Crippen molar-refractivity contribution in [1.82, 2.24) is 0 Å². The van der Waals surface area contributed by atoms with E-state index >= 15 is 0 Å². The van der Waals surface area contributed by atoms with E-state index in [-0.39, 0.29) is 11.0 Å². The quantitative estimate of drug-likeness (QED) is 0.720. The van der Waals surface area contributed by atoms with E-state index in [0.717, 1.165) is 5.56 Å². The van der Waals surface area contributed by atoms with Gasteiger partial charge >= 0.3 is 0 Å². The molecule has 0 saturated heterocycles. The Balaban J connectivity index is 2.77. The van der Waals surface area contributed by atoms with Crippen molar-refractivity contribution in [3.8, 4) is 0 Å². The number of carbonyl (C=O) groups is 1. The first kappa shape index (κ1) is 15.3. The van der Waals surface area contributed by atoms with Crippen LogP contribution < -0.4 is 0 Å². The van der Waals surface area contributed by atoms with Crippen LogP contribution in [0.25, 0.3) is 0 Å². The molecule has 0 bridgehead atoms. The fraction of sp³-hybridized carbons (Fsp3) is 0.562. The van der Waals surface area contributed by atoms with E-state index in [0.29, 0.717) is 11.2 Å². The normalized spacial score (nSPS) is 14.6. The SMILES string of the molecule is Cc1ccc(C(=O)C(C)SC(C)C(C)C)cc1C. The number of benzene rings is 1. The molecule has 0 amide bonds. The molecule has 0 aliphatic rings. The van der Waals surface area contributed by atoms with Crippen molar-refractivity contribution in [2.45, 2.75) is 52.0 Å². The molecule has 0 spiro atoms. The Morgan fingerprint density at radius 2 is 1.67 bits per heavy atom. The van der Waals surface area contributed by atoms with Gasteiger partial charge in [0.05, 0.1) is 5.25 Å². The van der Waals surface area contributed by atoms with Crippen molar-refractivity contribution in [2.75, 3.05) is 0 Å². The second kappa shape index (κ2) is 6.42. The van der Waals surface area contributed by atoms with Crippen LogP contribution in [0.3, 0.4) is 0 Å². The van der Waals surface area contributed by atoms with Gasteiger partial charge in [0, 0.05) is 10.8 Å². The third-order valence-electron chi connectivity index (χ3n) is 3.52. The molecule has 0 aromatic heterocycles. The van der Waals surface area contributed by atoms with Gasteiger partial charge in [0.1, 0.15) is 0 Å². The van der Waals surface area contributed by atoms with Crippen LogP contribution in [0.1, 0.15) is 49.2 Å². The monoisotopic (exact) mass is 264 g/mol. The predicted molar refractivity (Wildman–Crippen MR) is 81.6 cm³/mol. The second-order valence-corrected chi connectivity index (χ2v) is 7.11. The fourth-order valence-corrected chi connectivity index (χ4v) is 2.89. The number of hydrogen-bond acceptors (Lipinski definition) is 2. The number of hydrogen-bond donors (Lipinski definition) is 0. The van der Waals surface area contributed by atoms with Gasteiger partial charge in [-0.2, -0.15) is 0 Å². The summed E-state index contributed by atoms with van der Waals surface area (Å²) in [5.74, 6) is 0.848. The zero-order chi connectivity index (χ0) is 13.9. The van der Waals surface area contributed by atoms with Crippen molar-refractivity contribution < 1.29 is 4.79 Å². The number of rotatable bonds is 5. The first-order valence-electron chi connectivity index (χ1n) is 6.59. The molecule has 1 aromatic rings. The maximum Gasteiger partial charge on any atom is 0.175 e. The van der Waals surface area contributed by atoms with Gasteiger partial charge in [0.25, 0.3) is 0 Å². The Bertz CT molecular complexity index is 423. The summed E-state index contributed by atoms with van der Waals surface area (Å²) in [6.07, 6.45) is 0. The van der Waals surface area contributed by atoms with Gasteiger partial charge in [0.2, 0.25) is 0 Å². The second-order valence-electron chi connectivity index (χ2n) is 5.39. The van der Waals surface area contributed by atoms with Crippen molar-refractivity contribution in [3.05, 3.63) is 34.9 Å². The molecule has 1 aromatic carbocycles. The Morgan fingerprint density at radius 1 is 1.06 bits per heavy atom. The van der Waals surface area contributed by atoms with Gasteiger partial charge in [-0.3, -0.25) is 4.79 Å². The lowest BCUT2D eigenvalue weighted by atomic mass is 10.0. The van der Waals surface area contributed by atoms with Gasteiger partial charge in [-0.25, -0.2) is 0 Å². The third kappa shape index (κ3) is 3.88. The van der Waals surface area contributed by atoms with Crippen LogP contribution in [-0.4, -0.2) is 16.3 Å². The maximum absolute atomic E-state index is 12.3. The highest BCUT2D eigenvalue weighted by atomic mass is 32.2. The van der Waals surface area contributed by atoms with Crippen molar-refractivity contribution in [3.63, 3.8) is 0 Å². The number of aryl methyl sites for hydroxylation is 2. The Kier molecular flexibility index (Phi) is 5.46. The summed E-state index contributed by atoms with van der Waals surface area (Å²) < 4.78 is 0. The summed E-state index contributed by atoms with van der Waals surface area (Å²) in [6, 6.07) is 5.99. The molecule has 0 aliphatic heterocycles. The van der Waals surface area contributed by atoms with E-state index in [1.807, 2.05) is 25.1 Å². The number of thioether (sulfide) groups is 1. The molecule has 1 rings (SSSR count). The van der Waals surface area contributed by atoms with Gasteiger partial charge < -0.3 is 0 Å². The molecule has 0 heterocycles. The third-order valence-corrected chi connectivity index (χ3v) is 5.11. The molecule has 2 heteroatoms. The largest absolute Gasteiger partial charge is 0.293 e. The van der Waals surface area contributed by atoms with Crippen LogP contribution in [0.4, 0.5) is 0 Å². The van der Waals surface area contributed by atoms with Crippen LogP contribution >= 0.6 is 11.8 Å². The predicted octanol–water partition coefficient (Wildman–Crippen LogP) is 4.65. The molecular formula is C16H24OS. The molecule has 1 nitrogen and oxygen atoms in total. The molecule has 2 atom stereocenters. The van der Waals surface area contributed by atoms with E-state index in [2.05, 4.69) is 34.6 Å². The molecule has 0 N–H and O–H groups in total. The summed E-state index contributed by atoms with van der Waals surface area (Å²) in [4.78, 5) is 12.3. The Labute approximate surface area is 115 Å². The average Bonchev–Trinajstić information content (AvgIpc) is 2.31. The smallest absolute Gasteiger partial charge is 0.175 e. The first-order valence-corrected chi connectivity index (χ1v) is 7.54. The summed E-state index contributed by atoms with van der Waals surface area (Å²) in [5, 5.41) is 0.542. The highest BCUT2D eigenvalue weighted by Gasteiger charge is 2.20. The summed E-state index contributed by atoms with van der Waals surface area (Å²) in [7, 11) is 0. The zero-order valence-corrected chi connectivity index (χ0v) is 13.1.